The Labute approximate surface area is 560 Å². The average molecular weight is 1370 g/mol. The molecule has 3 aromatic heterocycles. The summed E-state index contributed by atoms with van der Waals surface area (Å²) in [5, 5.41) is 0.0198. The Hall–Kier alpha value is -8.67. The van der Waals surface area contributed by atoms with E-state index in [1.807, 2.05) is 71.4 Å². The van der Waals surface area contributed by atoms with E-state index in [0.29, 0.717) is 39.4 Å². The fraction of sp³-hybridized carbons (Fsp3) is 0.195. The van der Waals surface area contributed by atoms with Gasteiger partial charge in [-0.1, -0.05) is 244 Å². The number of ether oxygens (including phenoxy) is 1. The van der Waals surface area contributed by atoms with E-state index in [1.54, 1.807) is 28.8 Å². The minimum absolute atomic E-state index is 0. The van der Waals surface area contributed by atoms with Crippen molar-refractivity contribution in [3.63, 3.8) is 0 Å². The SMILES string of the molecule is [2H]c1c([2H])c([2H])c([Si](c2cc3c4c(c2)n(-c2[c-]c(Oc5[c-]c6c(cc5)c5ccccc5n6-c5cc(C(C)(C)C)ccn5)ccc2)[c-][n+]4-c2c(cccc2C(C)(C)C)-c2cc4c(cc2-c2ccccc2-3)C(C)(C)CCC4(C)C)(c2c([2H])c([2H])c([2H])c([2H])c2[2H])c2c([2H])c([2H])c([2H])c([2H])c2[2H])c([2H])c1[2H].[Pt]. The fourth-order valence-corrected chi connectivity index (χ4v) is 17.5. The summed E-state index contributed by atoms with van der Waals surface area (Å²) in [4.78, 5) is 4.89. The standard InChI is InChI=1S/C82H72N4OSi.Pt/c1-79(2,3)54-42-45-83-76(46-54)86-73-39-23-22-36-64(73)65-41-40-57(48-74(65)86)87-56-27-24-26-55(47-56)84-53-85-77-66(37-25-38-70(77)80(4,5)6)68-52-72-71(81(7,8)43-44-82(72,9)10)51-67(68)62-34-20-21-35-63(62)69-49-61(50-75(84)78(69)85)88(58-28-14-11-15-29-58,59-30-16-12-17-31-59)60-32-18-13-19-33-60;/h11-42,45-46,49-52H,43-44H2,1-10H3;/q-2;/i11D,12D,13D,14D,15D,16D,17D,18D,19D,28D,29D,30D,31D,32D,33D;. The number of hydrogen-bond donors (Lipinski definition) is 0. The zero-order chi connectivity index (χ0) is 73.5. The Kier molecular flexibility index (Phi) is 10.4. The van der Waals surface area contributed by atoms with Crippen molar-refractivity contribution < 1.29 is 50.9 Å². The van der Waals surface area contributed by atoms with Crippen LogP contribution in [0, 0.1) is 18.5 Å². The third kappa shape index (κ3) is 9.51. The number of imidazole rings is 1. The second-order valence-electron chi connectivity index (χ2n) is 26.7. The largest absolute Gasteiger partial charge is 0.510 e. The monoisotopic (exact) mass is 1370 g/mol. The Morgan fingerprint density at radius 1 is 0.528 bits per heavy atom. The molecule has 15 rings (SSSR count). The third-order valence-corrected chi connectivity index (χ3v) is 22.4. The van der Waals surface area contributed by atoms with Crippen molar-refractivity contribution in [3.8, 4) is 62.1 Å². The van der Waals surface area contributed by atoms with E-state index < -0.39 is 120 Å². The van der Waals surface area contributed by atoms with Crippen LogP contribution in [-0.2, 0) is 42.7 Å². The van der Waals surface area contributed by atoms with Gasteiger partial charge in [-0.25, -0.2) is 4.98 Å². The average Bonchev–Trinajstić information content (AvgIpc) is 0.981. The van der Waals surface area contributed by atoms with Crippen LogP contribution in [0.2, 0.25) is 0 Å². The van der Waals surface area contributed by atoms with E-state index in [4.69, 9.17) is 13.8 Å². The molecule has 1 aliphatic heterocycles. The molecule has 0 amide bonds. The quantitative estimate of drug-likeness (QED) is 0.0658. The number of benzene rings is 10. The van der Waals surface area contributed by atoms with Crippen LogP contribution in [-0.4, -0.2) is 22.2 Å². The van der Waals surface area contributed by atoms with Gasteiger partial charge in [0.05, 0.1) is 37.3 Å². The second kappa shape index (κ2) is 21.5. The van der Waals surface area contributed by atoms with Crippen molar-refractivity contribution in [2.75, 3.05) is 0 Å². The van der Waals surface area contributed by atoms with Gasteiger partial charge in [0.25, 0.3) is 6.33 Å². The van der Waals surface area contributed by atoms with Gasteiger partial charge in [-0.05, 0) is 146 Å². The predicted octanol–water partition coefficient (Wildman–Crippen LogP) is 17.2. The number of nitrogens with zero attached hydrogens (tertiary/aromatic N) is 4. The molecule has 442 valence electrons. The maximum absolute atomic E-state index is 10.2. The summed E-state index contributed by atoms with van der Waals surface area (Å²) >= 11 is 0. The molecule has 4 heterocycles. The zero-order valence-electron chi connectivity index (χ0n) is 66.2. The maximum atomic E-state index is 10.2. The smallest absolute Gasteiger partial charge is 0.268 e. The summed E-state index contributed by atoms with van der Waals surface area (Å²) in [7, 11) is -5.80. The van der Waals surface area contributed by atoms with Crippen LogP contribution in [0.15, 0.2) is 230 Å². The molecule has 0 N–H and O–H groups in total. The van der Waals surface area contributed by atoms with Crippen molar-refractivity contribution >= 4 is 61.7 Å². The molecule has 89 heavy (non-hydrogen) atoms. The molecule has 5 nitrogen and oxygen atoms in total. The first-order valence-electron chi connectivity index (χ1n) is 37.4. The van der Waals surface area contributed by atoms with Crippen LogP contribution in [0.3, 0.4) is 0 Å². The summed E-state index contributed by atoms with van der Waals surface area (Å²) in [5.41, 5.74) is 11.0. The van der Waals surface area contributed by atoms with Crippen molar-refractivity contribution in [2.45, 2.75) is 104 Å². The van der Waals surface area contributed by atoms with Crippen LogP contribution < -0.4 is 30.1 Å². The van der Waals surface area contributed by atoms with Gasteiger partial charge in [0.2, 0.25) is 0 Å². The molecule has 0 spiro atoms. The Morgan fingerprint density at radius 2 is 1.10 bits per heavy atom. The second-order valence-corrected chi connectivity index (χ2v) is 30.3. The van der Waals surface area contributed by atoms with Crippen molar-refractivity contribution in [3.05, 3.63) is 271 Å². The van der Waals surface area contributed by atoms with Gasteiger partial charge in [-0.15, -0.1) is 29.7 Å². The minimum atomic E-state index is -5.80. The van der Waals surface area contributed by atoms with E-state index in [-0.39, 0.29) is 53.8 Å². The van der Waals surface area contributed by atoms with Crippen LogP contribution in [0.1, 0.15) is 125 Å². The van der Waals surface area contributed by atoms with Crippen LogP contribution in [0.4, 0.5) is 0 Å². The summed E-state index contributed by atoms with van der Waals surface area (Å²) in [5.74, 6) is 1.29. The molecule has 0 bridgehead atoms. The number of para-hydroxylation sites is 2. The number of pyridine rings is 1. The first kappa shape index (κ1) is 43.1. The molecule has 0 saturated heterocycles. The maximum Gasteiger partial charge on any atom is 0.268 e. The van der Waals surface area contributed by atoms with E-state index in [1.165, 1.54) is 11.1 Å². The van der Waals surface area contributed by atoms with Crippen LogP contribution in [0.5, 0.6) is 11.5 Å². The third-order valence-electron chi connectivity index (χ3n) is 18.3. The predicted molar refractivity (Wildman–Crippen MR) is 366 cm³/mol. The van der Waals surface area contributed by atoms with Gasteiger partial charge >= 0.3 is 0 Å². The van der Waals surface area contributed by atoms with Gasteiger partial charge in [-0.3, -0.25) is 4.57 Å². The molecular formula is C82H72N4OPtSi-2. The van der Waals surface area contributed by atoms with Gasteiger partial charge in [0, 0.05) is 44.3 Å². The van der Waals surface area contributed by atoms with Gasteiger partial charge in [-0.2, -0.15) is 18.2 Å². The van der Waals surface area contributed by atoms with Crippen molar-refractivity contribution in [2.24, 2.45) is 0 Å². The van der Waals surface area contributed by atoms with Gasteiger partial charge < -0.3 is 13.9 Å². The topological polar surface area (TPSA) is 35.9 Å². The van der Waals surface area contributed by atoms with Crippen molar-refractivity contribution in [1.82, 2.24) is 14.1 Å². The van der Waals surface area contributed by atoms with E-state index in [9.17, 15) is 16.4 Å². The Balaban J connectivity index is 0.00000913. The Morgan fingerprint density at radius 3 is 1.73 bits per heavy atom. The summed E-state index contributed by atoms with van der Waals surface area (Å²) < 4.78 is 158. The molecule has 0 unspecified atom stereocenters. The molecule has 2 aliphatic rings. The zero-order valence-corrected chi connectivity index (χ0v) is 54.5. The van der Waals surface area contributed by atoms with Crippen molar-refractivity contribution in [1.29, 1.82) is 0 Å². The van der Waals surface area contributed by atoms with E-state index in [2.05, 4.69) is 141 Å². The summed E-state index contributed by atoms with van der Waals surface area (Å²) in [6, 6.07) is 37.9. The molecule has 7 heteroatoms. The molecular weight excluding hydrogens is 1280 g/mol. The van der Waals surface area contributed by atoms with Gasteiger partial charge in [0.15, 0.2) is 8.07 Å². The number of aromatic nitrogens is 4. The van der Waals surface area contributed by atoms with Gasteiger partial charge in [0.1, 0.15) is 5.82 Å². The molecule has 0 fully saturated rings. The number of rotatable bonds is 8. The first-order valence-corrected chi connectivity index (χ1v) is 31.9. The number of fused-ring (bicyclic) bond motifs is 11. The molecule has 0 atom stereocenters. The molecule has 0 radical (unpaired) electrons. The van der Waals surface area contributed by atoms with Crippen LogP contribution >= 0.6 is 0 Å². The van der Waals surface area contributed by atoms with E-state index in [0.717, 1.165) is 68.2 Å². The minimum Gasteiger partial charge on any atom is -0.510 e. The molecule has 13 aromatic rings. The summed E-state index contributed by atoms with van der Waals surface area (Å²) in [6.45, 7) is 22.0. The first-order chi connectivity index (χ1) is 48.6. The Bertz CT molecular complexity index is 5610. The molecule has 1 aliphatic carbocycles. The molecule has 0 saturated carbocycles. The normalized spacial score (nSPS) is 16.5. The number of hydrogen-bond acceptors (Lipinski definition) is 2. The molecule has 10 aromatic carbocycles. The summed E-state index contributed by atoms with van der Waals surface area (Å²) in [6.07, 6.45) is 7.50. The fourth-order valence-electron chi connectivity index (χ4n) is 13.7. The van der Waals surface area contributed by atoms with E-state index >= 15 is 0 Å². The van der Waals surface area contributed by atoms with Crippen LogP contribution in [0.25, 0.3) is 83.4 Å².